The number of ether oxygens (including phenoxy) is 2. The summed E-state index contributed by atoms with van der Waals surface area (Å²) in [5.74, 6) is 0.635. The van der Waals surface area contributed by atoms with Crippen LogP contribution in [0.2, 0.25) is 0 Å². The van der Waals surface area contributed by atoms with Crippen molar-refractivity contribution in [2.24, 2.45) is 4.99 Å². The monoisotopic (exact) mass is 329 g/mol. The zero-order valence-electron chi connectivity index (χ0n) is 12.2. The molecule has 22 heavy (non-hydrogen) atoms. The molecule has 0 unspecified atom stereocenters. The number of rotatable bonds is 7. The van der Waals surface area contributed by atoms with E-state index >= 15 is 0 Å². The van der Waals surface area contributed by atoms with Crippen LogP contribution in [0.1, 0.15) is 6.92 Å². The highest BCUT2D eigenvalue weighted by atomic mass is 32.2. The molecule has 1 aromatic carbocycles. The number of guanidine groups is 1. The highest BCUT2D eigenvalue weighted by Gasteiger charge is 2.26. The van der Waals surface area contributed by atoms with Crippen molar-refractivity contribution in [1.29, 1.82) is 0 Å². The molecule has 1 aromatic rings. The second-order valence-corrected chi connectivity index (χ2v) is 6.04. The van der Waals surface area contributed by atoms with E-state index in [1.165, 1.54) is 6.07 Å². The minimum Gasteiger partial charge on any atom is -0.494 e. The lowest BCUT2D eigenvalue weighted by atomic mass is 10.3. The van der Waals surface area contributed by atoms with Crippen molar-refractivity contribution in [1.82, 2.24) is 4.72 Å². The summed E-state index contributed by atoms with van der Waals surface area (Å²) >= 11 is 0. The minimum atomic E-state index is -3.68. The first kappa shape index (κ1) is 16.5. The van der Waals surface area contributed by atoms with Crippen molar-refractivity contribution in [3.63, 3.8) is 0 Å². The average molecular weight is 329 g/mol. The van der Waals surface area contributed by atoms with E-state index in [-0.39, 0.29) is 30.6 Å². The molecule has 1 aliphatic rings. The van der Waals surface area contributed by atoms with Crippen LogP contribution in [0.3, 0.4) is 0 Å². The summed E-state index contributed by atoms with van der Waals surface area (Å²) in [6, 6.07) is 4.80. The number of benzene rings is 1. The van der Waals surface area contributed by atoms with Gasteiger partial charge in [-0.1, -0.05) is 0 Å². The normalized spacial score (nSPS) is 17.5. The van der Waals surface area contributed by atoms with E-state index in [4.69, 9.17) is 14.6 Å². The molecule has 0 saturated heterocycles. The van der Waals surface area contributed by atoms with Crippen LogP contribution in [0, 0.1) is 0 Å². The van der Waals surface area contributed by atoms with E-state index in [9.17, 15) is 8.42 Å². The molecule has 0 saturated carbocycles. The fourth-order valence-corrected chi connectivity index (χ4v) is 3.04. The van der Waals surface area contributed by atoms with Crippen molar-refractivity contribution < 1.29 is 23.0 Å². The number of fused-ring (bicyclic) bond motifs is 1. The molecule has 0 aliphatic carbocycles. The van der Waals surface area contributed by atoms with Crippen LogP contribution in [0.5, 0.6) is 5.75 Å². The molecule has 1 aliphatic heterocycles. The van der Waals surface area contributed by atoms with Crippen molar-refractivity contribution in [2.45, 2.75) is 11.8 Å². The van der Waals surface area contributed by atoms with Crippen molar-refractivity contribution in [3.8, 4) is 5.75 Å². The molecular formula is C13H19N3O5S. The lowest BCUT2D eigenvalue weighted by molar-refractivity contribution is 0.0978. The summed E-state index contributed by atoms with van der Waals surface area (Å²) in [5, 5.41) is 11.5. The Morgan fingerprint density at radius 3 is 2.86 bits per heavy atom. The molecule has 0 bridgehead atoms. The maximum absolute atomic E-state index is 12.2. The highest BCUT2D eigenvalue weighted by Crippen LogP contribution is 2.28. The number of nitrogens with one attached hydrogen (secondary N) is 2. The van der Waals surface area contributed by atoms with E-state index in [2.05, 4.69) is 15.0 Å². The molecule has 0 spiro atoms. The number of hydrogen-bond donors (Lipinski definition) is 3. The number of aliphatic hydroxyl groups is 1. The van der Waals surface area contributed by atoms with Gasteiger partial charge in [0.05, 0.1) is 38.7 Å². The first-order chi connectivity index (χ1) is 10.6. The Bertz CT molecular complexity index is 645. The van der Waals surface area contributed by atoms with Crippen LogP contribution in [0.15, 0.2) is 28.1 Å². The predicted molar refractivity (Wildman–Crippen MR) is 81.8 cm³/mol. The summed E-state index contributed by atoms with van der Waals surface area (Å²) < 4.78 is 37.2. The Labute approximate surface area is 129 Å². The van der Waals surface area contributed by atoms with Crippen molar-refractivity contribution in [2.75, 3.05) is 38.3 Å². The maximum Gasteiger partial charge on any atom is 0.266 e. The Kier molecular flexibility index (Phi) is 5.58. The zero-order chi connectivity index (χ0) is 16.0. The first-order valence-electron chi connectivity index (χ1n) is 6.86. The molecule has 0 atom stereocenters. The second kappa shape index (κ2) is 7.43. The summed E-state index contributed by atoms with van der Waals surface area (Å²) in [7, 11) is -3.68. The molecule has 3 N–H and O–H groups in total. The summed E-state index contributed by atoms with van der Waals surface area (Å²) in [4.78, 5) is 4.21. The molecular weight excluding hydrogens is 310 g/mol. The van der Waals surface area contributed by atoms with Crippen LogP contribution in [0.25, 0.3) is 0 Å². The van der Waals surface area contributed by atoms with Crippen LogP contribution < -0.4 is 14.8 Å². The third-order valence-electron chi connectivity index (χ3n) is 2.78. The minimum absolute atomic E-state index is 0.0585. The van der Waals surface area contributed by atoms with Crippen molar-refractivity contribution >= 4 is 21.7 Å². The van der Waals surface area contributed by atoms with Gasteiger partial charge in [-0.2, -0.15) is 0 Å². The zero-order valence-corrected chi connectivity index (χ0v) is 13.0. The Hall–Kier alpha value is -1.84. The summed E-state index contributed by atoms with van der Waals surface area (Å²) in [5.41, 5.74) is 0.442. The fourth-order valence-electron chi connectivity index (χ4n) is 1.88. The molecule has 0 radical (unpaired) electrons. The number of sulfonamides is 1. The smallest absolute Gasteiger partial charge is 0.266 e. The molecule has 2 rings (SSSR count). The first-order valence-corrected chi connectivity index (χ1v) is 8.35. The van der Waals surface area contributed by atoms with Gasteiger partial charge in [-0.15, -0.1) is 0 Å². The van der Waals surface area contributed by atoms with E-state index in [0.717, 1.165) is 0 Å². The van der Waals surface area contributed by atoms with Gasteiger partial charge in [0.2, 0.25) is 5.96 Å². The van der Waals surface area contributed by atoms with Gasteiger partial charge in [0.15, 0.2) is 0 Å². The third-order valence-corrected chi connectivity index (χ3v) is 4.16. The standard InChI is InChI=1S/C13H19N3O5S/c1-2-21-10-3-4-11-12(9-10)22(18,19)16-13(15-11)14-5-7-20-8-6-17/h3-4,9,17H,2,5-8H2,1H3,(H2,14,15,16). The molecule has 8 nitrogen and oxygen atoms in total. The lowest BCUT2D eigenvalue weighted by Gasteiger charge is -2.22. The number of nitrogens with zero attached hydrogens (tertiary/aromatic N) is 1. The predicted octanol–water partition coefficient (Wildman–Crippen LogP) is 0.154. The highest BCUT2D eigenvalue weighted by molar-refractivity contribution is 7.90. The molecule has 0 aromatic heterocycles. The van der Waals surface area contributed by atoms with E-state index in [1.54, 1.807) is 12.1 Å². The van der Waals surface area contributed by atoms with Gasteiger partial charge in [0.1, 0.15) is 10.6 Å². The number of aliphatic imine (C=N–C) groups is 1. The number of anilines is 1. The Morgan fingerprint density at radius 2 is 2.14 bits per heavy atom. The molecule has 0 amide bonds. The van der Waals surface area contributed by atoms with Gasteiger partial charge in [-0.25, -0.2) is 18.1 Å². The van der Waals surface area contributed by atoms with E-state index in [0.29, 0.717) is 24.7 Å². The van der Waals surface area contributed by atoms with Crippen LogP contribution in [-0.4, -0.2) is 52.5 Å². The van der Waals surface area contributed by atoms with Gasteiger partial charge < -0.3 is 19.9 Å². The van der Waals surface area contributed by atoms with Crippen molar-refractivity contribution in [3.05, 3.63) is 18.2 Å². The molecule has 122 valence electrons. The quantitative estimate of drug-likeness (QED) is 0.615. The fraction of sp³-hybridized carbons (Fsp3) is 0.462. The second-order valence-electron chi connectivity index (χ2n) is 4.39. The average Bonchev–Trinajstić information content (AvgIpc) is 2.47. The van der Waals surface area contributed by atoms with Gasteiger partial charge in [0.25, 0.3) is 10.0 Å². The SMILES string of the molecule is CCOc1ccc2c(c1)S(=O)(=O)NC(=NCCOCCO)N2. The van der Waals surface area contributed by atoms with Gasteiger partial charge in [0, 0.05) is 6.07 Å². The molecule has 1 heterocycles. The lowest BCUT2D eigenvalue weighted by Crippen LogP contribution is -2.41. The molecule has 9 heteroatoms. The maximum atomic E-state index is 12.2. The van der Waals surface area contributed by atoms with Crippen LogP contribution >= 0.6 is 0 Å². The Morgan fingerprint density at radius 1 is 1.32 bits per heavy atom. The van der Waals surface area contributed by atoms with Gasteiger partial charge in [-0.3, -0.25) is 0 Å². The van der Waals surface area contributed by atoms with Crippen LogP contribution in [-0.2, 0) is 14.8 Å². The Balaban J connectivity index is 2.12. The number of aliphatic hydroxyl groups excluding tert-OH is 1. The largest absolute Gasteiger partial charge is 0.494 e. The molecule has 0 fully saturated rings. The summed E-state index contributed by atoms with van der Waals surface area (Å²) in [6.07, 6.45) is 0. The number of hydrogen-bond acceptors (Lipinski definition) is 6. The topological polar surface area (TPSA) is 109 Å². The summed E-state index contributed by atoms with van der Waals surface area (Å²) in [6.45, 7) is 3.03. The van der Waals surface area contributed by atoms with E-state index < -0.39 is 10.0 Å². The van der Waals surface area contributed by atoms with Crippen LogP contribution in [0.4, 0.5) is 5.69 Å². The van der Waals surface area contributed by atoms with Gasteiger partial charge >= 0.3 is 0 Å². The van der Waals surface area contributed by atoms with Gasteiger partial charge in [-0.05, 0) is 19.1 Å². The third kappa shape index (κ3) is 4.09. The van der Waals surface area contributed by atoms with E-state index in [1.807, 2.05) is 6.92 Å².